The van der Waals surface area contributed by atoms with E-state index in [4.69, 9.17) is 0 Å². The van der Waals surface area contributed by atoms with Gasteiger partial charge in [-0.25, -0.2) is 0 Å². The molecule has 1 heterocycles. The lowest BCUT2D eigenvalue weighted by Gasteiger charge is -2.46. The summed E-state index contributed by atoms with van der Waals surface area (Å²) in [6.07, 6.45) is 2.54. The topological polar surface area (TPSA) is 15.3 Å². The summed E-state index contributed by atoms with van der Waals surface area (Å²) in [6, 6.07) is 10.2. The third-order valence-electron chi connectivity index (χ3n) is 4.43. The number of benzene rings is 1. The van der Waals surface area contributed by atoms with Crippen molar-refractivity contribution in [2.75, 3.05) is 13.1 Å². The van der Waals surface area contributed by atoms with Crippen molar-refractivity contribution in [1.29, 1.82) is 0 Å². The fraction of sp³-hybridized carbons (Fsp3) is 0.667. The van der Waals surface area contributed by atoms with Crippen molar-refractivity contribution in [2.24, 2.45) is 5.41 Å². The molecular formula is C18H29IN2. The molecule has 1 fully saturated rings. The van der Waals surface area contributed by atoms with E-state index in [1.807, 2.05) is 0 Å². The highest BCUT2D eigenvalue weighted by Crippen LogP contribution is 2.28. The third kappa shape index (κ3) is 4.93. The molecule has 3 heteroatoms. The van der Waals surface area contributed by atoms with Crippen LogP contribution in [-0.4, -0.2) is 30.1 Å². The molecule has 1 aromatic rings. The third-order valence-corrected chi connectivity index (χ3v) is 5.15. The standard InChI is InChI=1S/C18H29IN2/c1-5-6-16-13-21(17(11-20-16)18(2,3)4)12-14-7-9-15(19)10-8-14/h7-10,16-17,20H,5-6,11-13H2,1-4H3. The minimum absolute atomic E-state index is 0.313. The maximum atomic E-state index is 3.76. The van der Waals surface area contributed by atoms with Gasteiger partial charge < -0.3 is 5.32 Å². The van der Waals surface area contributed by atoms with E-state index in [1.165, 1.54) is 28.5 Å². The molecule has 2 nitrogen and oxygen atoms in total. The number of hydrogen-bond donors (Lipinski definition) is 1. The Morgan fingerprint density at radius 3 is 2.48 bits per heavy atom. The van der Waals surface area contributed by atoms with E-state index in [0.29, 0.717) is 17.5 Å². The highest BCUT2D eigenvalue weighted by Gasteiger charge is 2.35. The summed E-state index contributed by atoms with van der Waals surface area (Å²) in [7, 11) is 0. The van der Waals surface area contributed by atoms with Gasteiger partial charge in [0.15, 0.2) is 0 Å². The molecule has 1 aliphatic heterocycles. The fourth-order valence-electron chi connectivity index (χ4n) is 3.28. The van der Waals surface area contributed by atoms with Crippen LogP contribution in [0, 0.1) is 8.99 Å². The molecule has 2 unspecified atom stereocenters. The molecule has 118 valence electrons. The summed E-state index contributed by atoms with van der Waals surface area (Å²) in [6.45, 7) is 12.7. The monoisotopic (exact) mass is 400 g/mol. The first-order valence-electron chi connectivity index (χ1n) is 8.12. The summed E-state index contributed by atoms with van der Waals surface area (Å²) < 4.78 is 1.31. The molecule has 0 radical (unpaired) electrons. The molecule has 1 aliphatic rings. The zero-order chi connectivity index (χ0) is 15.5. The second kappa shape index (κ2) is 7.42. The molecule has 0 amide bonds. The van der Waals surface area contributed by atoms with Crippen LogP contribution < -0.4 is 5.32 Å². The predicted octanol–water partition coefficient (Wildman–Crippen LogP) is 4.28. The van der Waals surface area contributed by atoms with E-state index in [-0.39, 0.29) is 0 Å². The van der Waals surface area contributed by atoms with Crippen molar-refractivity contribution in [2.45, 2.75) is 59.2 Å². The van der Waals surface area contributed by atoms with Gasteiger partial charge in [-0.1, -0.05) is 46.2 Å². The molecule has 2 atom stereocenters. The van der Waals surface area contributed by atoms with Crippen LogP contribution in [-0.2, 0) is 6.54 Å². The smallest absolute Gasteiger partial charge is 0.0273 e. The van der Waals surface area contributed by atoms with E-state index in [0.717, 1.165) is 13.1 Å². The Labute approximate surface area is 143 Å². The number of nitrogens with zero attached hydrogens (tertiary/aromatic N) is 1. The van der Waals surface area contributed by atoms with E-state index in [1.54, 1.807) is 0 Å². The van der Waals surface area contributed by atoms with Gasteiger partial charge in [-0.05, 0) is 52.1 Å². The maximum Gasteiger partial charge on any atom is 0.0273 e. The molecule has 1 saturated heterocycles. The summed E-state index contributed by atoms with van der Waals surface area (Å²) in [5.41, 5.74) is 1.75. The van der Waals surface area contributed by atoms with Crippen molar-refractivity contribution in [3.05, 3.63) is 33.4 Å². The summed E-state index contributed by atoms with van der Waals surface area (Å²) >= 11 is 2.37. The van der Waals surface area contributed by atoms with Crippen LogP contribution in [0.25, 0.3) is 0 Å². The van der Waals surface area contributed by atoms with Crippen molar-refractivity contribution in [3.63, 3.8) is 0 Å². The Hall–Kier alpha value is -0.130. The molecule has 0 aromatic heterocycles. The average Bonchev–Trinajstić information content (AvgIpc) is 2.41. The highest BCUT2D eigenvalue weighted by atomic mass is 127. The largest absolute Gasteiger partial charge is 0.311 e. The maximum absolute atomic E-state index is 3.76. The van der Waals surface area contributed by atoms with Gasteiger partial charge >= 0.3 is 0 Å². The lowest BCUT2D eigenvalue weighted by atomic mass is 9.83. The number of rotatable bonds is 4. The van der Waals surface area contributed by atoms with Gasteiger partial charge in [0.2, 0.25) is 0 Å². The average molecular weight is 400 g/mol. The molecule has 2 rings (SSSR count). The zero-order valence-corrected chi connectivity index (χ0v) is 16.0. The Balaban J connectivity index is 2.10. The molecular weight excluding hydrogens is 371 g/mol. The van der Waals surface area contributed by atoms with E-state index in [9.17, 15) is 0 Å². The first-order valence-corrected chi connectivity index (χ1v) is 9.20. The van der Waals surface area contributed by atoms with E-state index < -0.39 is 0 Å². The minimum Gasteiger partial charge on any atom is -0.311 e. The predicted molar refractivity (Wildman–Crippen MR) is 99.5 cm³/mol. The van der Waals surface area contributed by atoms with E-state index >= 15 is 0 Å². The second-order valence-electron chi connectivity index (χ2n) is 7.33. The Morgan fingerprint density at radius 2 is 1.90 bits per heavy atom. The van der Waals surface area contributed by atoms with Crippen LogP contribution in [0.4, 0.5) is 0 Å². The normalized spacial score (nSPS) is 24.2. The van der Waals surface area contributed by atoms with Crippen LogP contribution in [0.2, 0.25) is 0 Å². The lowest BCUT2D eigenvalue weighted by molar-refractivity contribution is 0.0474. The molecule has 0 saturated carbocycles. The van der Waals surface area contributed by atoms with Gasteiger partial charge in [0.05, 0.1) is 0 Å². The highest BCUT2D eigenvalue weighted by molar-refractivity contribution is 14.1. The van der Waals surface area contributed by atoms with Crippen LogP contribution in [0.5, 0.6) is 0 Å². The van der Waals surface area contributed by atoms with Crippen LogP contribution >= 0.6 is 22.6 Å². The number of halogens is 1. The van der Waals surface area contributed by atoms with Crippen molar-refractivity contribution >= 4 is 22.6 Å². The Bertz CT molecular complexity index is 436. The fourth-order valence-corrected chi connectivity index (χ4v) is 3.64. The zero-order valence-electron chi connectivity index (χ0n) is 13.8. The first kappa shape index (κ1) is 17.2. The summed E-state index contributed by atoms with van der Waals surface area (Å²) in [5.74, 6) is 0. The minimum atomic E-state index is 0.313. The summed E-state index contributed by atoms with van der Waals surface area (Å²) in [5, 5.41) is 3.76. The van der Waals surface area contributed by atoms with Crippen LogP contribution in [0.1, 0.15) is 46.1 Å². The van der Waals surface area contributed by atoms with Gasteiger partial charge in [-0.2, -0.15) is 0 Å². The van der Waals surface area contributed by atoms with Gasteiger partial charge in [-0.3, -0.25) is 4.90 Å². The SMILES string of the molecule is CCCC1CN(Cc2ccc(I)cc2)C(C(C)(C)C)CN1. The Kier molecular flexibility index (Phi) is 6.09. The van der Waals surface area contributed by atoms with Gasteiger partial charge in [0, 0.05) is 35.3 Å². The molecule has 0 bridgehead atoms. The lowest BCUT2D eigenvalue weighted by Crippen LogP contribution is -2.60. The van der Waals surface area contributed by atoms with Gasteiger partial charge in [-0.15, -0.1) is 0 Å². The number of hydrogen-bond acceptors (Lipinski definition) is 2. The number of nitrogens with one attached hydrogen (secondary N) is 1. The number of piperazine rings is 1. The van der Waals surface area contributed by atoms with Crippen LogP contribution in [0.15, 0.2) is 24.3 Å². The first-order chi connectivity index (χ1) is 9.90. The molecule has 0 aliphatic carbocycles. The summed E-state index contributed by atoms with van der Waals surface area (Å²) in [4.78, 5) is 2.69. The Morgan fingerprint density at radius 1 is 1.24 bits per heavy atom. The molecule has 21 heavy (non-hydrogen) atoms. The van der Waals surface area contributed by atoms with Crippen molar-refractivity contribution < 1.29 is 0 Å². The van der Waals surface area contributed by atoms with Crippen LogP contribution in [0.3, 0.4) is 0 Å². The molecule has 0 spiro atoms. The van der Waals surface area contributed by atoms with Crippen molar-refractivity contribution in [3.8, 4) is 0 Å². The van der Waals surface area contributed by atoms with E-state index in [2.05, 4.69) is 84.8 Å². The quantitative estimate of drug-likeness (QED) is 0.759. The van der Waals surface area contributed by atoms with Gasteiger partial charge in [0.1, 0.15) is 0 Å². The molecule has 1 N–H and O–H groups in total. The van der Waals surface area contributed by atoms with Gasteiger partial charge in [0.25, 0.3) is 0 Å². The van der Waals surface area contributed by atoms with Crippen molar-refractivity contribution in [1.82, 2.24) is 10.2 Å². The molecule has 1 aromatic carbocycles. The second-order valence-corrected chi connectivity index (χ2v) is 8.58.